The summed E-state index contributed by atoms with van der Waals surface area (Å²) in [6.45, 7) is 2.28. The second kappa shape index (κ2) is 20.3. The highest BCUT2D eigenvalue weighted by atomic mass is 16.4. The molecule has 0 aromatic heterocycles. The van der Waals surface area contributed by atoms with Crippen LogP contribution in [0, 0.1) is 0 Å². The molecule has 0 atom stereocenters. The lowest BCUT2D eigenvalue weighted by atomic mass is 10.0. The molecule has 0 saturated carbocycles. The third-order valence-electron chi connectivity index (χ3n) is 4.65. The van der Waals surface area contributed by atoms with Gasteiger partial charge in [-0.2, -0.15) is 0 Å². The van der Waals surface area contributed by atoms with E-state index >= 15 is 0 Å². The van der Waals surface area contributed by atoms with E-state index in [0.29, 0.717) is 6.42 Å². The number of unbranched alkanes of at least 4 members (excludes halogenated alkanes) is 15. The number of allylic oxidation sites excluding steroid dienone is 2. The van der Waals surface area contributed by atoms with Gasteiger partial charge in [-0.25, -0.2) is 0 Å². The van der Waals surface area contributed by atoms with Gasteiger partial charge in [-0.1, -0.05) is 103 Å². The van der Waals surface area contributed by atoms with Crippen molar-refractivity contribution in [3.8, 4) is 0 Å². The largest absolute Gasteiger partial charge is 0.481 e. The maximum Gasteiger partial charge on any atom is 0.303 e. The van der Waals surface area contributed by atoms with Crippen molar-refractivity contribution >= 4 is 5.97 Å². The minimum Gasteiger partial charge on any atom is -0.481 e. The van der Waals surface area contributed by atoms with Crippen LogP contribution in [0.2, 0.25) is 0 Å². The van der Waals surface area contributed by atoms with E-state index in [2.05, 4.69) is 19.1 Å². The van der Waals surface area contributed by atoms with Gasteiger partial charge in [-0.15, -0.1) is 0 Å². The van der Waals surface area contributed by atoms with Crippen molar-refractivity contribution in [2.75, 3.05) is 0 Å². The van der Waals surface area contributed by atoms with Gasteiger partial charge in [0.05, 0.1) is 0 Å². The molecule has 0 saturated heterocycles. The van der Waals surface area contributed by atoms with Crippen LogP contribution < -0.4 is 0 Å². The summed E-state index contributed by atoms with van der Waals surface area (Å²) in [6, 6.07) is 0. The van der Waals surface area contributed by atoms with Gasteiger partial charge in [0.15, 0.2) is 0 Å². The summed E-state index contributed by atoms with van der Waals surface area (Å²) in [4.78, 5) is 10.4. The van der Waals surface area contributed by atoms with Crippen molar-refractivity contribution in [1.29, 1.82) is 0 Å². The fraction of sp³-hybridized carbons (Fsp3) is 0.864. The Labute approximate surface area is 151 Å². The molecule has 142 valence electrons. The monoisotopic (exact) mass is 338 g/mol. The number of rotatable bonds is 19. The number of carboxylic acid groups (broad SMARTS) is 1. The highest BCUT2D eigenvalue weighted by molar-refractivity contribution is 5.66. The van der Waals surface area contributed by atoms with Crippen molar-refractivity contribution in [2.45, 2.75) is 122 Å². The quantitative estimate of drug-likeness (QED) is 0.194. The Kier molecular flexibility index (Phi) is 19.6. The van der Waals surface area contributed by atoms with E-state index in [9.17, 15) is 4.79 Å². The molecule has 0 unspecified atom stereocenters. The van der Waals surface area contributed by atoms with E-state index in [-0.39, 0.29) is 0 Å². The van der Waals surface area contributed by atoms with Crippen molar-refractivity contribution in [3.63, 3.8) is 0 Å². The van der Waals surface area contributed by atoms with Crippen molar-refractivity contribution in [2.24, 2.45) is 0 Å². The molecule has 24 heavy (non-hydrogen) atoms. The Bertz CT molecular complexity index is 284. The highest BCUT2D eigenvalue weighted by Gasteiger charge is 1.94. The first kappa shape index (κ1) is 23.2. The van der Waals surface area contributed by atoms with Gasteiger partial charge in [-0.3, -0.25) is 4.79 Å². The van der Waals surface area contributed by atoms with Crippen LogP contribution in [0.25, 0.3) is 0 Å². The summed E-state index contributed by atoms with van der Waals surface area (Å²) in [5, 5.41) is 8.53. The molecule has 2 heteroatoms. The zero-order chi connectivity index (χ0) is 17.7. The van der Waals surface area contributed by atoms with Gasteiger partial charge < -0.3 is 5.11 Å². The molecule has 0 aliphatic rings. The third-order valence-corrected chi connectivity index (χ3v) is 4.65. The fourth-order valence-electron chi connectivity index (χ4n) is 3.06. The maximum absolute atomic E-state index is 10.4. The minimum atomic E-state index is -0.685. The van der Waals surface area contributed by atoms with Gasteiger partial charge in [0.2, 0.25) is 0 Å². The molecule has 0 bridgehead atoms. The average molecular weight is 339 g/mol. The zero-order valence-corrected chi connectivity index (χ0v) is 16.2. The van der Waals surface area contributed by atoms with Gasteiger partial charge in [0.1, 0.15) is 0 Å². The molecule has 0 radical (unpaired) electrons. The Hall–Kier alpha value is -0.790. The molecule has 0 rings (SSSR count). The molecular weight excluding hydrogens is 296 g/mol. The summed E-state index contributed by atoms with van der Waals surface area (Å²) in [6.07, 6.45) is 27.2. The predicted molar refractivity (Wildman–Crippen MR) is 106 cm³/mol. The molecule has 1 N–H and O–H groups in total. The second-order valence-corrected chi connectivity index (χ2v) is 7.14. The topological polar surface area (TPSA) is 37.3 Å². The average Bonchev–Trinajstić information content (AvgIpc) is 2.56. The first-order chi connectivity index (χ1) is 11.8. The van der Waals surface area contributed by atoms with Crippen LogP contribution >= 0.6 is 0 Å². The van der Waals surface area contributed by atoms with Crippen LogP contribution in [-0.2, 0) is 4.79 Å². The lowest BCUT2D eigenvalue weighted by Crippen LogP contribution is -1.92. The number of carbonyl (C=O) groups is 1. The number of hydrogen-bond donors (Lipinski definition) is 1. The Morgan fingerprint density at radius 2 is 1.00 bits per heavy atom. The summed E-state index contributed by atoms with van der Waals surface area (Å²) >= 11 is 0. The van der Waals surface area contributed by atoms with Crippen molar-refractivity contribution < 1.29 is 9.90 Å². The lowest BCUT2D eigenvalue weighted by molar-refractivity contribution is -0.137. The van der Waals surface area contributed by atoms with Crippen LogP contribution in [0.3, 0.4) is 0 Å². The number of carboxylic acids is 1. The Morgan fingerprint density at radius 3 is 1.42 bits per heavy atom. The molecule has 0 heterocycles. The summed E-state index contributed by atoms with van der Waals surface area (Å²) in [7, 11) is 0. The summed E-state index contributed by atoms with van der Waals surface area (Å²) < 4.78 is 0. The molecule has 0 aromatic carbocycles. The lowest BCUT2D eigenvalue weighted by Gasteiger charge is -2.02. The first-order valence-corrected chi connectivity index (χ1v) is 10.6. The van der Waals surface area contributed by atoms with Crippen LogP contribution in [0.1, 0.15) is 122 Å². The molecule has 0 amide bonds. The van der Waals surface area contributed by atoms with E-state index in [0.717, 1.165) is 19.3 Å². The number of aliphatic carboxylic acids is 1. The Balaban J connectivity index is 3.05. The maximum atomic E-state index is 10.4. The third kappa shape index (κ3) is 21.2. The zero-order valence-electron chi connectivity index (χ0n) is 16.2. The van der Waals surface area contributed by atoms with Crippen LogP contribution in [0.4, 0.5) is 0 Å². The van der Waals surface area contributed by atoms with Crippen LogP contribution in [0.5, 0.6) is 0 Å². The van der Waals surface area contributed by atoms with Gasteiger partial charge in [-0.05, 0) is 25.7 Å². The number of hydrogen-bond acceptors (Lipinski definition) is 1. The molecule has 0 aromatic rings. The molecule has 0 aliphatic heterocycles. The van der Waals surface area contributed by atoms with E-state index in [1.807, 2.05) is 0 Å². The van der Waals surface area contributed by atoms with Gasteiger partial charge >= 0.3 is 5.97 Å². The van der Waals surface area contributed by atoms with Crippen LogP contribution in [0.15, 0.2) is 12.2 Å². The van der Waals surface area contributed by atoms with Crippen LogP contribution in [-0.4, -0.2) is 11.1 Å². The Morgan fingerprint density at radius 1 is 0.625 bits per heavy atom. The molecular formula is C22H42O2. The van der Waals surface area contributed by atoms with Gasteiger partial charge in [0, 0.05) is 6.42 Å². The standard InChI is InChI=1S/C22H42O2/c1-2-3-4-5-6-7-8-9-10-11-12-13-14-15-16-17-18-19-20-21-22(23)24/h17-18H,2-16,19-21H2,1H3,(H,23,24)/b18-17+. The molecule has 0 fully saturated rings. The van der Waals surface area contributed by atoms with E-state index < -0.39 is 5.97 Å². The molecule has 2 nitrogen and oxygen atoms in total. The van der Waals surface area contributed by atoms with Crippen molar-refractivity contribution in [3.05, 3.63) is 12.2 Å². The summed E-state index contributed by atoms with van der Waals surface area (Å²) in [5.41, 5.74) is 0. The SMILES string of the molecule is CCCCCCCCCCCCCCCC/C=C/CCCC(=O)O. The van der Waals surface area contributed by atoms with E-state index in [1.165, 1.54) is 89.9 Å². The first-order valence-electron chi connectivity index (χ1n) is 10.6. The van der Waals surface area contributed by atoms with Gasteiger partial charge in [0.25, 0.3) is 0 Å². The van der Waals surface area contributed by atoms with Crippen molar-refractivity contribution in [1.82, 2.24) is 0 Å². The smallest absolute Gasteiger partial charge is 0.303 e. The molecule has 0 aliphatic carbocycles. The molecule has 0 spiro atoms. The fourth-order valence-corrected chi connectivity index (χ4v) is 3.06. The summed E-state index contributed by atoms with van der Waals surface area (Å²) in [5.74, 6) is -0.685. The predicted octanol–water partition coefficient (Wildman–Crippen LogP) is 7.67. The minimum absolute atomic E-state index is 0.295. The highest BCUT2D eigenvalue weighted by Crippen LogP contribution is 2.13. The second-order valence-electron chi connectivity index (χ2n) is 7.14. The normalized spacial score (nSPS) is 11.4. The van der Waals surface area contributed by atoms with E-state index in [4.69, 9.17) is 5.11 Å². The van der Waals surface area contributed by atoms with E-state index in [1.54, 1.807) is 0 Å².